The van der Waals surface area contributed by atoms with Gasteiger partial charge in [-0.1, -0.05) is 18.2 Å². The van der Waals surface area contributed by atoms with Gasteiger partial charge in [-0.2, -0.15) is 0 Å². The van der Waals surface area contributed by atoms with E-state index >= 15 is 0 Å². The number of anilines is 3. The van der Waals surface area contributed by atoms with Crippen molar-refractivity contribution in [3.63, 3.8) is 0 Å². The van der Waals surface area contributed by atoms with E-state index < -0.39 is 29.0 Å². The largest absolute Gasteiger partial charge is 0.355 e. The zero-order valence-corrected chi connectivity index (χ0v) is 13.7. The quantitative estimate of drug-likeness (QED) is 0.659. The number of nitrogens with one attached hydrogen (secondary N) is 2. The van der Waals surface area contributed by atoms with Gasteiger partial charge >= 0.3 is 0 Å². The molecule has 0 aliphatic heterocycles. The summed E-state index contributed by atoms with van der Waals surface area (Å²) in [6, 6.07) is 12.4. The maximum atomic E-state index is 13.7. The standard InChI is InChI=1S/C19H14F3N3O/c1-11-4-2-3-5-14(11)24-12-8-9-23-16(10-12)19(26)25-15-7-6-13(20)17(21)18(15)22/h2-10H,1H3,(H,23,24)(H,25,26). The second-order valence-electron chi connectivity index (χ2n) is 5.55. The van der Waals surface area contributed by atoms with E-state index in [2.05, 4.69) is 15.6 Å². The molecule has 0 aliphatic rings. The van der Waals surface area contributed by atoms with Crippen LogP contribution >= 0.6 is 0 Å². The third-order valence-electron chi connectivity index (χ3n) is 3.70. The number of rotatable bonds is 4. The highest BCUT2D eigenvalue weighted by atomic mass is 19.2. The molecule has 0 aliphatic carbocycles. The highest BCUT2D eigenvalue weighted by Crippen LogP contribution is 2.22. The summed E-state index contributed by atoms with van der Waals surface area (Å²) >= 11 is 0. The number of nitrogens with zero attached hydrogens (tertiary/aromatic N) is 1. The minimum Gasteiger partial charge on any atom is -0.355 e. The molecule has 132 valence electrons. The number of benzene rings is 2. The zero-order valence-electron chi connectivity index (χ0n) is 13.7. The van der Waals surface area contributed by atoms with Crippen LogP contribution in [0.4, 0.5) is 30.2 Å². The van der Waals surface area contributed by atoms with Crippen molar-refractivity contribution in [2.24, 2.45) is 0 Å². The van der Waals surface area contributed by atoms with E-state index in [1.165, 1.54) is 12.3 Å². The van der Waals surface area contributed by atoms with Crippen LogP contribution in [0.3, 0.4) is 0 Å². The van der Waals surface area contributed by atoms with E-state index in [0.29, 0.717) is 5.69 Å². The fourth-order valence-electron chi connectivity index (χ4n) is 2.31. The zero-order chi connectivity index (χ0) is 18.7. The predicted molar refractivity (Wildman–Crippen MR) is 93.0 cm³/mol. The van der Waals surface area contributed by atoms with E-state index in [-0.39, 0.29) is 5.69 Å². The Hall–Kier alpha value is -3.35. The van der Waals surface area contributed by atoms with E-state index in [4.69, 9.17) is 0 Å². The lowest BCUT2D eigenvalue weighted by atomic mass is 10.2. The Morgan fingerprint density at radius 1 is 0.962 bits per heavy atom. The molecule has 0 atom stereocenters. The van der Waals surface area contributed by atoms with Gasteiger partial charge in [0.05, 0.1) is 5.69 Å². The number of para-hydroxylation sites is 1. The maximum Gasteiger partial charge on any atom is 0.274 e. The molecular weight excluding hydrogens is 343 g/mol. The first-order valence-corrected chi connectivity index (χ1v) is 7.69. The molecule has 0 radical (unpaired) electrons. The van der Waals surface area contributed by atoms with Crippen molar-refractivity contribution in [3.05, 3.63) is 83.4 Å². The molecule has 0 saturated carbocycles. The Morgan fingerprint density at radius 2 is 1.73 bits per heavy atom. The Morgan fingerprint density at radius 3 is 2.50 bits per heavy atom. The molecule has 1 heterocycles. The minimum absolute atomic E-state index is 0.00674. The van der Waals surface area contributed by atoms with Gasteiger partial charge in [-0.25, -0.2) is 13.2 Å². The van der Waals surface area contributed by atoms with E-state index in [1.54, 1.807) is 6.07 Å². The summed E-state index contributed by atoms with van der Waals surface area (Å²) in [4.78, 5) is 16.2. The SMILES string of the molecule is Cc1ccccc1Nc1ccnc(C(=O)Nc2ccc(F)c(F)c2F)c1. The molecule has 2 aromatic carbocycles. The molecule has 0 spiro atoms. The third-order valence-corrected chi connectivity index (χ3v) is 3.70. The molecule has 4 nitrogen and oxygen atoms in total. The average molecular weight is 357 g/mol. The number of hydrogen-bond donors (Lipinski definition) is 2. The predicted octanol–water partition coefficient (Wildman–Crippen LogP) is 4.80. The molecule has 3 rings (SSSR count). The fourth-order valence-corrected chi connectivity index (χ4v) is 2.31. The molecule has 0 fully saturated rings. The van der Waals surface area contributed by atoms with Gasteiger partial charge < -0.3 is 10.6 Å². The lowest BCUT2D eigenvalue weighted by Gasteiger charge is -2.11. The molecule has 0 unspecified atom stereocenters. The van der Waals surface area contributed by atoms with E-state index in [0.717, 1.165) is 23.4 Å². The molecule has 26 heavy (non-hydrogen) atoms. The number of carbonyl (C=O) groups is 1. The summed E-state index contributed by atoms with van der Waals surface area (Å²) in [7, 11) is 0. The van der Waals surface area contributed by atoms with Crippen molar-refractivity contribution in [2.45, 2.75) is 6.92 Å². The number of halogens is 3. The first kappa shape index (κ1) is 17.5. The lowest BCUT2D eigenvalue weighted by Crippen LogP contribution is -2.15. The Labute approximate surface area is 147 Å². The average Bonchev–Trinajstić information content (AvgIpc) is 2.64. The summed E-state index contributed by atoms with van der Waals surface area (Å²) in [5, 5.41) is 5.34. The van der Waals surface area contributed by atoms with Crippen molar-refractivity contribution in [1.29, 1.82) is 0 Å². The van der Waals surface area contributed by atoms with Gasteiger partial charge in [-0.3, -0.25) is 9.78 Å². The number of carbonyl (C=O) groups excluding carboxylic acids is 1. The molecule has 7 heteroatoms. The number of aryl methyl sites for hydroxylation is 1. The lowest BCUT2D eigenvalue weighted by molar-refractivity contribution is 0.102. The maximum absolute atomic E-state index is 13.7. The van der Waals surface area contributed by atoms with Gasteiger partial charge in [-0.15, -0.1) is 0 Å². The van der Waals surface area contributed by atoms with Gasteiger partial charge in [0.2, 0.25) is 0 Å². The number of amides is 1. The van der Waals surface area contributed by atoms with Crippen LogP contribution in [-0.4, -0.2) is 10.9 Å². The summed E-state index contributed by atoms with van der Waals surface area (Å²) in [5.41, 5.74) is 2.00. The Bertz CT molecular complexity index is 976. The second-order valence-corrected chi connectivity index (χ2v) is 5.55. The summed E-state index contributed by atoms with van der Waals surface area (Å²) in [5.74, 6) is -5.19. The number of aromatic nitrogens is 1. The van der Waals surface area contributed by atoms with Gasteiger partial charge in [-0.05, 0) is 42.8 Å². The molecular formula is C19H14F3N3O. The van der Waals surface area contributed by atoms with Crippen LogP contribution in [0.15, 0.2) is 54.7 Å². The first-order valence-electron chi connectivity index (χ1n) is 7.69. The smallest absolute Gasteiger partial charge is 0.274 e. The first-order chi connectivity index (χ1) is 12.5. The Balaban J connectivity index is 1.81. The topological polar surface area (TPSA) is 54.0 Å². The van der Waals surface area contributed by atoms with Gasteiger partial charge in [0, 0.05) is 17.6 Å². The van der Waals surface area contributed by atoms with Crippen molar-refractivity contribution < 1.29 is 18.0 Å². The highest BCUT2D eigenvalue weighted by molar-refractivity contribution is 6.03. The number of pyridine rings is 1. The van der Waals surface area contributed by atoms with Crippen LogP contribution in [-0.2, 0) is 0 Å². The molecule has 1 aromatic heterocycles. The normalized spacial score (nSPS) is 10.5. The van der Waals surface area contributed by atoms with Crippen molar-refractivity contribution in [2.75, 3.05) is 10.6 Å². The van der Waals surface area contributed by atoms with Gasteiger partial charge in [0.15, 0.2) is 17.5 Å². The minimum atomic E-state index is -1.65. The number of hydrogen-bond acceptors (Lipinski definition) is 3. The van der Waals surface area contributed by atoms with Crippen molar-refractivity contribution in [3.8, 4) is 0 Å². The van der Waals surface area contributed by atoms with Crippen LogP contribution in [0, 0.1) is 24.4 Å². The van der Waals surface area contributed by atoms with E-state index in [9.17, 15) is 18.0 Å². The van der Waals surface area contributed by atoms with Crippen LogP contribution in [0.1, 0.15) is 16.1 Å². The molecule has 2 N–H and O–H groups in total. The van der Waals surface area contributed by atoms with Crippen LogP contribution in [0.25, 0.3) is 0 Å². The summed E-state index contributed by atoms with van der Waals surface area (Å²) < 4.78 is 39.9. The van der Waals surface area contributed by atoms with Gasteiger partial charge in [0.25, 0.3) is 5.91 Å². The monoisotopic (exact) mass is 357 g/mol. The summed E-state index contributed by atoms with van der Waals surface area (Å²) in [6.07, 6.45) is 1.41. The second kappa shape index (κ2) is 7.26. The molecule has 0 bridgehead atoms. The molecule has 3 aromatic rings. The Kier molecular flexibility index (Phi) is 4.88. The highest BCUT2D eigenvalue weighted by Gasteiger charge is 2.16. The summed E-state index contributed by atoms with van der Waals surface area (Å²) in [6.45, 7) is 1.93. The van der Waals surface area contributed by atoms with E-state index in [1.807, 2.05) is 31.2 Å². The van der Waals surface area contributed by atoms with Crippen LogP contribution in [0.2, 0.25) is 0 Å². The fraction of sp³-hybridized carbons (Fsp3) is 0.0526. The van der Waals surface area contributed by atoms with Gasteiger partial charge in [0.1, 0.15) is 5.69 Å². The van der Waals surface area contributed by atoms with Crippen LogP contribution < -0.4 is 10.6 Å². The molecule has 1 amide bonds. The van der Waals surface area contributed by atoms with Crippen molar-refractivity contribution >= 4 is 23.0 Å². The molecule has 0 saturated heterocycles. The van der Waals surface area contributed by atoms with Crippen LogP contribution in [0.5, 0.6) is 0 Å². The van der Waals surface area contributed by atoms with Crippen molar-refractivity contribution in [1.82, 2.24) is 4.98 Å². The third kappa shape index (κ3) is 3.66.